The summed E-state index contributed by atoms with van der Waals surface area (Å²) in [5.41, 5.74) is 1.33. The maximum Gasteiger partial charge on any atom is 0.224 e. The van der Waals surface area contributed by atoms with Gasteiger partial charge in [-0.1, -0.05) is 18.9 Å². The molecule has 4 atom stereocenters. The molecule has 1 aromatic carbocycles. The van der Waals surface area contributed by atoms with Crippen LogP contribution in [0.3, 0.4) is 0 Å². The van der Waals surface area contributed by atoms with Crippen LogP contribution in [0.1, 0.15) is 37.4 Å². The number of ether oxygens (including phenoxy) is 1. The Balaban J connectivity index is 1.71. The van der Waals surface area contributed by atoms with Crippen molar-refractivity contribution in [1.29, 1.82) is 0 Å². The summed E-state index contributed by atoms with van der Waals surface area (Å²) in [6, 6.07) is 5.98. The number of aliphatic hydroxyl groups excluding tert-OH is 3. The summed E-state index contributed by atoms with van der Waals surface area (Å²) in [5, 5.41) is 30.6. The molecule has 0 unspecified atom stereocenters. The molecule has 2 aliphatic rings. The number of rotatable bonds is 4. The largest absolute Gasteiger partial charge is 0.394 e. The number of benzene rings is 1. The summed E-state index contributed by atoms with van der Waals surface area (Å²) in [6.07, 6.45) is 0.944. The molecule has 146 valence electrons. The van der Waals surface area contributed by atoms with Gasteiger partial charge in [-0.15, -0.1) is 0 Å². The van der Waals surface area contributed by atoms with E-state index < -0.39 is 24.4 Å². The number of anilines is 1. The number of aliphatic hydroxyl groups is 3. The van der Waals surface area contributed by atoms with Crippen molar-refractivity contribution in [3.8, 4) is 0 Å². The Labute approximate surface area is 162 Å². The Morgan fingerprint density at radius 1 is 1.19 bits per heavy atom. The Kier molecular flexibility index (Phi) is 5.22. The molecule has 0 spiro atoms. The van der Waals surface area contributed by atoms with E-state index >= 15 is 0 Å². The molecule has 2 heterocycles. The zero-order valence-electron chi connectivity index (χ0n) is 15.1. The normalized spacial score (nSPS) is 28.9. The van der Waals surface area contributed by atoms with Gasteiger partial charge in [0.15, 0.2) is 0 Å². The maximum atomic E-state index is 10.3. The van der Waals surface area contributed by atoms with E-state index in [1.807, 2.05) is 19.2 Å². The lowest BCUT2D eigenvalue weighted by Crippen LogP contribution is -2.32. The molecule has 1 saturated carbocycles. The fraction of sp³-hybridized carbons (Fsp3) is 0.579. The zero-order valence-corrected chi connectivity index (χ0v) is 15.9. The molecular formula is C19H24ClN3O4. The zero-order chi connectivity index (χ0) is 19.1. The molecule has 1 aliphatic carbocycles. The van der Waals surface area contributed by atoms with Crippen molar-refractivity contribution < 1.29 is 20.1 Å². The van der Waals surface area contributed by atoms with Gasteiger partial charge in [0.05, 0.1) is 12.1 Å². The average Bonchev–Trinajstić information content (AvgIpc) is 3.29. The molecule has 1 aliphatic heterocycles. The average molecular weight is 394 g/mol. The fourth-order valence-corrected chi connectivity index (χ4v) is 4.36. The maximum absolute atomic E-state index is 10.3. The summed E-state index contributed by atoms with van der Waals surface area (Å²) in [6.45, 7) is -0.355. The van der Waals surface area contributed by atoms with E-state index in [0.717, 1.165) is 24.0 Å². The highest BCUT2D eigenvalue weighted by Gasteiger charge is 2.43. The number of hydrogen-bond acceptors (Lipinski definition) is 7. The summed E-state index contributed by atoms with van der Waals surface area (Å²) < 4.78 is 5.62. The minimum Gasteiger partial charge on any atom is -0.394 e. The van der Waals surface area contributed by atoms with Crippen molar-refractivity contribution in [2.45, 2.75) is 56.1 Å². The molecule has 7 nitrogen and oxygen atoms in total. The van der Waals surface area contributed by atoms with E-state index in [9.17, 15) is 15.3 Å². The molecular weight excluding hydrogens is 370 g/mol. The van der Waals surface area contributed by atoms with Crippen LogP contribution in [0.2, 0.25) is 5.28 Å². The van der Waals surface area contributed by atoms with E-state index in [1.165, 1.54) is 12.8 Å². The highest BCUT2D eigenvalue weighted by Crippen LogP contribution is 2.36. The Morgan fingerprint density at radius 2 is 1.93 bits per heavy atom. The van der Waals surface area contributed by atoms with Gasteiger partial charge in [-0.2, -0.15) is 4.98 Å². The molecule has 1 saturated heterocycles. The second kappa shape index (κ2) is 7.48. The summed E-state index contributed by atoms with van der Waals surface area (Å²) in [7, 11) is 2.04. The number of aromatic nitrogens is 2. The van der Waals surface area contributed by atoms with Crippen LogP contribution in [-0.4, -0.2) is 63.3 Å². The second-order valence-corrected chi connectivity index (χ2v) is 7.74. The molecule has 2 fully saturated rings. The third-order valence-electron chi connectivity index (χ3n) is 5.75. The molecule has 27 heavy (non-hydrogen) atoms. The van der Waals surface area contributed by atoms with Crippen LogP contribution in [0.15, 0.2) is 18.2 Å². The van der Waals surface area contributed by atoms with Crippen LogP contribution in [0.25, 0.3) is 10.9 Å². The predicted octanol–water partition coefficient (Wildman–Crippen LogP) is 1.82. The summed E-state index contributed by atoms with van der Waals surface area (Å²) >= 11 is 6.18. The molecule has 0 bridgehead atoms. The van der Waals surface area contributed by atoms with Crippen LogP contribution < -0.4 is 4.90 Å². The molecule has 8 heteroatoms. The van der Waals surface area contributed by atoms with Crippen molar-refractivity contribution in [2.24, 2.45) is 0 Å². The molecule has 0 amide bonds. The molecule has 1 aromatic heterocycles. The highest BCUT2D eigenvalue weighted by molar-refractivity contribution is 6.28. The van der Waals surface area contributed by atoms with E-state index in [0.29, 0.717) is 17.1 Å². The van der Waals surface area contributed by atoms with Crippen LogP contribution in [0, 0.1) is 0 Å². The van der Waals surface area contributed by atoms with Crippen molar-refractivity contribution in [1.82, 2.24) is 9.97 Å². The van der Waals surface area contributed by atoms with E-state index in [1.54, 1.807) is 6.07 Å². The fourth-order valence-electron chi connectivity index (χ4n) is 4.19. The number of hydrogen-bond donors (Lipinski definition) is 3. The first-order chi connectivity index (χ1) is 13.0. The molecule has 2 aromatic rings. The van der Waals surface area contributed by atoms with Gasteiger partial charge in [-0.3, -0.25) is 0 Å². The van der Waals surface area contributed by atoms with Gasteiger partial charge in [0, 0.05) is 18.5 Å². The van der Waals surface area contributed by atoms with Gasteiger partial charge in [0.25, 0.3) is 0 Å². The first-order valence-electron chi connectivity index (χ1n) is 9.32. The van der Waals surface area contributed by atoms with Crippen molar-refractivity contribution >= 4 is 28.3 Å². The van der Waals surface area contributed by atoms with Crippen molar-refractivity contribution in [3.63, 3.8) is 0 Å². The number of nitrogens with zero attached hydrogens (tertiary/aromatic N) is 3. The number of fused-ring (bicyclic) bond motifs is 1. The van der Waals surface area contributed by atoms with Gasteiger partial charge < -0.3 is 25.0 Å². The van der Waals surface area contributed by atoms with E-state index in [-0.39, 0.29) is 11.9 Å². The van der Waals surface area contributed by atoms with Crippen molar-refractivity contribution in [2.75, 3.05) is 18.6 Å². The smallest absolute Gasteiger partial charge is 0.224 e. The minimum atomic E-state index is -1.13. The Morgan fingerprint density at radius 3 is 2.59 bits per heavy atom. The topological polar surface area (TPSA) is 98.9 Å². The SMILES string of the molecule is CN(c1nc(Cl)nc2cc([C@@H]3O[C@H](CO)[C@@H](O)[C@H]3O)ccc12)C1CCCC1. The van der Waals surface area contributed by atoms with E-state index in [2.05, 4.69) is 14.9 Å². The van der Waals surface area contributed by atoms with Gasteiger partial charge >= 0.3 is 0 Å². The first-order valence-corrected chi connectivity index (χ1v) is 9.70. The van der Waals surface area contributed by atoms with Crippen LogP contribution in [-0.2, 0) is 4.74 Å². The third kappa shape index (κ3) is 3.39. The van der Waals surface area contributed by atoms with Gasteiger partial charge in [-0.25, -0.2) is 4.98 Å². The van der Waals surface area contributed by atoms with E-state index in [4.69, 9.17) is 16.3 Å². The monoisotopic (exact) mass is 393 g/mol. The van der Waals surface area contributed by atoms with Gasteiger partial charge in [0.1, 0.15) is 30.2 Å². The Hall–Kier alpha value is -1.51. The minimum absolute atomic E-state index is 0.167. The third-order valence-corrected chi connectivity index (χ3v) is 5.92. The lowest BCUT2D eigenvalue weighted by atomic mass is 10.00. The standard InChI is InChI=1S/C19H24ClN3O4/c1-23(11-4-2-3-5-11)18-12-7-6-10(8-13(12)21-19(20)22-18)17-16(26)15(25)14(9-24)27-17/h6-8,11,14-17,24-26H,2-5,9H2,1H3/t14-,15-,16-,17+/m1/s1. The first kappa shape index (κ1) is 18.8. The highest BCUT2D eigenvalue weighted by atomic mass is 35.5. The molecule has 0 radical (unpaired) electrons. The van der Waals surface area contributed by atoms with Gasteiger partial charge in [0.2, 0.25) is 5.28 Å². The van der Waals surface area contributed by atoms with Crippen LogP contribution in [0.4, 0.5) is 5.82 Å². The lowest BCUT2D eigenvalue weighted by Gasteiger charge is -2.26. The van der Waals surface area contributed by atoms with Crippen LogP contribution in [0.5, 0.6) is 0 Å². The van der Waals surface area contributed by atoms with Crippen LogP contribution >= 0.6 is 11.6 Å². The molecule has 3 N–H and O–H groups in total. The molecule has 4 rings (SSSR count). The second-order valence-electron chi connectivity index (χ2n) is 7.40. The summed E-state index contributed by atoms with van der Waals surface area (Å²) in [5.74, 6) is 0.796. The lowest BCUT2D eigenvalue weighted by molar-refractivity contribution is -0.0227. The van der Waals surface area contributed by atoms with Gasteiger partial charge in [-0.05, 0) is 42.1 Å². The predicted molar refractivity (Wildman–Crippen MR) is 102 cm³/mol. The number of halogens is 1. The summed E-state index contributed by atoms with van der Waals surface area (Å²) in [4.78, 5) is 11.0. The van der Waals surface area contributed by atoms with Crippen molar-refractivity contribution in [3.05, 3.63) is 29.0 Å². The Bertz CT molecular complexity index is 830. The quantitative estimate of drug-likeness (QED) is 0.681.